The largest absolute Gasteiger partial charge is 0.461 e. The molecule has 0 aliphatic rings. The second-order valence-corrected chi connectivity index (χ2v) is 10.2. The highest BCUT2D eigenvalue weighted by atomic mass is 19.4. The van der Waals surface area contributed by atoms with E-state index in [1.54, 1.807) is 0 Å². The van der Waals surface area contributed by atoms with Gasteiger partial charge in [0.25, 0.3) is 0 Å². The summed E-state index contributed by atoms with van der Waals surface area (Å²) in [5.74, 6) is -20.2. The minimum absolute atomic E-state index is 0.142. The monoisotopic (exact) mass is 569 g/mol. The topological polar surface area (TPSA) is 70.8 Å². The summed E-state index contributed by atoms with van der Waals surface area (Å²) in [5.41, 5.74) is 4.62. The minimum atomic E-state index is -6.96. The zero-order valence-electron chi connectivity index (χ0n) is 21.4. The van der Waals surface area contributed by atoms with Gasteiger partial charge in [0.2, 0.25) is 0 Å². The smallest absolute Gasteiger partial charge is 0.460 e. The van der Waals surface area contributed by atoms with Gasteiger partial charge in [-0.15, -0.1) is 0 Å². The Labute approximate surface area is 214 Å². The number of benzene rings is 1. The number of esters is 1. The highest BCUT2D eigenvalue weighted by molar-refractivity contribution is 5.89. The van der Waals surface area contributed by atoms with Crippen LogP contribution in [0.1, 0.15) is 50.9 Å². The standard InChI is InChI=1S/C24H32F9NO4/c1-5-19(2,3)12-37-14-20(4,15-38-18(35)16-6-8-17(34)9-7-16)13-36-11-10-21(25,26)22(27,28)23(29,30)24(31,32)33/h6-9H,5,10-15,34H2,1-4H3. The molecule has 0 amide bonds. The number of nitrogens with two attached hydrogens (primary N) is 1. The average molecular weight is 570 g/mol. The minimum Gasteiger partial charge on any atom is -0.461 e. The number of hydrogen-bond acceptors (Lipinski definition) is 5. The second kappa shape index (κ2) is 12.3. The Balaban J connectivity index is 2.87. The molecule has 1 unspecified atom stereocenters. The molecule has 5 nitrogen and oxygen atoms in total. The number of rotatable bonds is 15. The number of alkyl halides is 9. The molecule has 0 aliphatic carbocycles. The number of ether oxygens (including phenoxy) is 3. The summed E-state index contributed by atoms with van der Waals surface area (Å²) in [7, 11) is 0. The summed E-state index contributed by atoms with van der Waals surface area (Å²) in [4.78, 5) is 12.3. The van der Waals surface area contributed by atoms with Crippen LogP contribution in [0.3, 0.4) is 0 Å². The van der Waals surface area contributed by atoms with E-state index < -0.39 is 55.0 Å². The van der Waals surface area contributed by atoms with Crippen molar-refractivity contribution in [3.8, 4) is 0 Å². The van der Waals surface area contributed by atoms with Gasteiger partial charge in [-0.1, -0.05) is 27.7 Å². The number of carbonyl (C=O) groups excluding carboxylic acids is 1. The molecule has 0 radical (unpaired) electrons. The number of anilines is 1. The first kappa shape index (κ1) is 33.8. The lowest BCUT2D eigenvalue weighted by Gasteiger charge is -2.34. The fraction of sp³-hybridized carbons (Fsp3) is 0.708. The predicted octanol–water partition coefficient (Wildman–Crippen LogP) is 6.76. The molecule has 0 heterocycles. The van der Waals surface area contributed by atoms with E-state index in [-0.39, 0.29) is 30.8 Å². The first-order valence-electron chi connectivity index (χ1n) is 11.5. The van der Waals surface area contributed by atoms with E-state index in [2.05, 4.69) is 0 Å². The Morgan fingerprint density at radius 2 is 1.32 bits per heavy atom. The molecule has 38 heavy (non-hydrogen) atoms. The lowest BCUT2D eigenvalue weighted by atomic mass is 9.91. The Kier molecular flexibility index (Phi) is 11.0. The van der Waals surface area contributed by atoms with Crippen LogP contribution in [0.2, 0.25) is 0 Å². The van der Waals surface area contributed by atoms with Crippen molar-refractivity contribution in [3.63, 3.8) is 0 Å². The molecule has 14 heteroatoms. The van der Waals surface area contributed by atoms with Crippen LogP contribution in [0, 0.1) is 10.8 Å². The van der Waals surface area contributed by atoms with E-state index in [4.69, 9.17) is 19.9 Å². The van der Waals surface area contributed by atoms with E-state index in [0.29, 0.717) is 5.69 Å². The average Bonchev–Trinajstić information content (AvgIpc) is 2.80. The second-order valence-electron chi connectivity index (χ2n) is 10.2. The van der Waals surface area contributed by atoms with Crippen molar-refractivity contribution in [1.29, 1.82) is 0 Å². The molecule has 1 atom stereocenters. The van der Waals surface area contributed by atoms with Gasteiger partial charge in [-0.25, -0.2) is 4.79 Å². The van der Waals surface area contributed by atoms with Gasteiger partial charge in [0.15, 0.2) is 0 Å². The van der Waals surface area contributed by atoms with Crippen molar-refractivity contribution in [1.82, 2.24) is 0 Å². The van der Waals surface area contributed by atoms with Gasteiger partial charge < -0.3 is 19.9 Å². The van der Waals surface area contributed by atoms with Crippen molar-refractivity contribution in [2.75, 3.05) is 38.8 Å². The molecular formula is C24H32F9NO4. The predicted molar refractivity (Wildman–Crippen MR) is 120 cm³/mol. The van der Waals surface area contributed by atoms with E-state index in [1.165, 1.54) is 31.2 Å². The van der Waals surface area contributed by atoms with E-state index >= 15 is 0 Å². The summed E-state index contributed by atoms with van der Waals surface area (Å²) in [6.07, 6.45) is -8.29. The number of halogens is 9. The van der Waals surface area contributed by atoms with E-state index in [9.17, 15) is 44.3 Å². The van der Waals surface area contributed by atoms with Crippen LogP contribution in [0.15, 0.2) is 24.3 Å². The van der Waals surface area contributed by atoms with Crippen molar-refractivity contribution in [2.45, 2.75) is 64.5 Å². The highest BCUT2D eigenvalue weighted by Crippen LogP contribution is 2.54. The number of carbonyl (C=O) groups is 1. The van der Waals surface area contributed by atoms with E-state index in [1.807, 2.05) is 20.8 Å². The molecule has 1 aromatic rings. The number of nitrogen functional groups attached to an aromatic ring is 1. The zero-order chi connectivity index (χ0) is 29.6. The van der Waals surface area contributed by atoms with Crippen LogP contribution in [0.4, 0.5) is 45.2 Å². The molecular weight excluding hydrogens is 537 g/mol. The Hall–Kier alpha value is -2.22. The van der Waals surface area contributed by atoms with Crippen molar-refractivity contribution < 1.29 is 58.5 Å². The van der Waals surface area contributed by atoms with E-state index in [0.717, 1.165) is 6.42 Å². The third-order valence-electron chi connectivity index (χ3n) is 5.82. The van der Waals surface area contributed by atoms with Gasteiger partial charge in [-0.3, -0.25) is 0 Å². The fourth-order valence-corrected chi connectivity index (χ4v) is 2.83. The number of hydrogen-bond donors (Lipinski definition) is 1. The molecule has 0 saturated carbocycles. The van der Waals surface area contributed by atoms with Crippen molar-refractivity contribution >= 4 is 11.7 Å². The van der Waals surface area contributed by atoms with Crippen LogP contribution >= 0.6 is 0 Å². The normalized spacial score (nSPS) is 15.3. The van der Waals surface area contributed by atoms with Gasteiger partial charge in [-0.05, 0) is 36.1 Å². The summed E-state index contributed by atoms with van der Waals surface area (Å²) >= 11 is 0. The maximum atomic E-state index is 13.8. The van der Waals surface area contributed by atoms with Crippen LogP contribution in [0.25, 0.3) is 0 Å². The SMILES string of the molecule is CCC(C)(C)COCC(C)(COCCC(F)(F)C(F)(F)C(F)(F)C(F)(F)F)COC(=O)c1ccc(N)cc1. The Morgan fingerprint density at radius 3 is 1.82 bits per heavy atom. The van der Waals surface area contributed by atoms with Crippen LogP contribution < -0.4 is 5.73 Å². The van der Waals surface area contributed by atoms with Gasteiger partial charge in [0, 0.05) is 17.5 Å². The van der Waals surface area contributed by atoms with Gasteiger partial charge in [0.1, 0.15) is 6.61 Å². The van der Waals surface area contributed by atoms with Gasteiger partial charge >= 0.3 is 29.9 Å². The quantitative estimate of drug-likeness (QED) is 0.109. The molecule has 0 fully saturated rings. The van der Waals surface area contributed by atoms with Gasteiger partial charge in [0.05, 0.1) is 32.0 Å². The van der Waals surface area contributed by atoms with Crippen LogP contribution in [-0.4, -0.2) is 62.9 Å². The summed E-state index contributed by atoms with van der Waals surface area (Å²) in [6.45, 7) is 5.06. The highest BCUT2D eigenvalue weighted by Gasteiger charge is 2.81. The third-order valence-corrected chi connectivity index (χ3v) is 5.82. The molecule has 1 rings (SSSR count). The lowest BCUT2D eigenvalue weighted by molar-refractivity contribution is -0.397. The van der Waals surface area contributed by atoms with Gasteiger partial charge in [-0.2, -0.15) is 39.5 Å². The molecule has 1 aromatic carbocycles. The fourth-order valence-electron chi connectivity index (χ4n) is 2.83. The molecule has 2 N–H and O–H groups in total. The summed E-state index contributed by atoms with van der Waals surface area (Å²) in [6, 6.07) is 5.69. The summed E-state index contributed by atoms with van der Waals surface area (Å²) in [5, 5.41) is 0. The molecule has 0 aromatic heterocycles. The molecule has 0 spiro atoms. The maximum Gasteiger partial charge on any atom is 0.460 e. The molecule has 220 valence electrons. The zero-order valence-corrected chi connectivity index (χ0v) is 21.4. The third kappa shape index (κ3) is 8.65. The van der Waals surface area contributed by atoms with Crippen LogP contribution in [-0.2, 0) is 14.2 Å². The molecule has 0 bridgehead atoms. The van der Waals surface area contributed by atoms with Crippen molar-refractivity contribution in [2.24, 2.45) is 10.8 Å². The lowest BCUT2D eigenvalue weighted by Crippen LogP contribution is -2.61. The molecule has 0 aliphatic heterocycles. The van der Waals surface area contributed by atoms with Crippen LogP contribution in [0.5, 0.6) is 0 Å². The first-order valence-corrected chi connectivity index (χ1v) is 11.5. The maximum absolute atomic E-state index is 13.8. The first-order chi connectivity index (χ1) is 17.1. The molecule has 0 saturated heterocycles. The summed E-state index contributed by atoms with van der Waals surface area (Å²) < 4.78 is 133. The Morgan fingerprint density at radius 1 is 0.789 bits per heavy atom. The van der Waals surface area contributed by atoms with Crippen molar-refractivity contribution in [3.05, 3.63) is 29.8 Å². The Bertz CT molecular complexity index is 905.